The number of carboxylic acids is 1. The lowest BCUT2D eigenvalue weighted by Gasteiger charge is -2.18. The van der Waals surface area contributed by atoms with E-state index in [1.807, 2.05) is 0 Å². The van der Waals surface area contributed by atoms with Gasteiger partial charge in [-0.2, -0.15) is 0 Å². The zero-order chi connectivity index (χ0) is 10.1. The molecule has 1 aromatic rings. The minimum atomic E-state index is -1.41. The van der Waals surface area contributed by atoms with E-state index in [0.717, 1.165) is 5.69 Å². The molecule has 4 heteroatoms. The van der Waals surface area contributed by atoms with Crippen LogP contribution in [0.3, 0.4) is 0 Å². The van der Waals surface area contributed by atoms with E-state index in [1.54, 1.807) is 25.1 Å². The summed E-state index contributed by atoms with van der Waals surface area (Å²) in [5, 5.41) is 8.82. The van der Waals surface area contributed by atoms with Crippen LogP contribution in [0.5, 0.6) is 0 Å². The van der Waals surface area contributed by atoms with Crippen molar-refractivity contribution in [3.8, 4) is 0 Å². The summed E-state index contributed by atoms with van der Waals surface area (Å²) in [6.45, 7) is 3.22. The Bertz CT molecular complexity index is 334. The topological polar surface area (TPSA) is 76.2 Å². The lowest BCUT2D eigenvalue weighted by molar-refractivity contribution is -0.143. The number of carbonyl (C=O) groups is 1. The maximum absolute atomic E-state index is 10.8. The molecule has 4 nitrogen and oxygen atoms in total. The molecule has 0 aliphatic rings. The summed E-state index contributed by atoms with van der Waals surface area (Å²) in [5.74, 6) is -1.08. The van der Waals surface area contributed by atoms with Crippen molar-refractivity contribution in [2.75, 3.05) is 0 Å². The number of nitrogens with two attached hydrogens (primary N) is 1. The third-order valence-electron chi connectivity index (χ3n) is 1.86. The molecule has 13 heavy (non-hydrogen) atoms. The molecule has 3 N–H and O–H groups in total. The highest BCUT2D eigenvalue weighted by Crippen LogP contribution is 2.15. The minimum Gasteiger partial charge on any atom is -0.480 e. The Hall–Kier alpha value is -1.42. The second kappa shape index (κ2) is 3.14. The zero-order valence-electron chi connectivity index (χ0n) is 7.61. The Kier molecular flexibility index (Phi) is 2.34. The van der Waals surface area contributed by atoms with Gasteiger partial charge >= 0.3 is 5.97 Å². The lowest BCUT2D eigenvalue weighted by atomic mass is 9.99. The molecule has 1 heterocycles. The van der Waals surface area contributed by atoms with Gasteiger partial charge in [0, 0.05) is 5.69 Å². The Balaban J connectivity index is 3.14. The summed E-state index contributed by atoms with van der Waals surface area (Å²) < 4.78 is 0. The number of aromatic nitrogens is 1. The highest BCUT2D eigenvalue weighted by Gasteiger charge is 2.31. The van der Waals surface area contributed by atoms with Crippen LogP contribution >= 0.6 is 0 Å². The van der Waals surface area contributed by atoms with Gasteiger partial charge in [0.05, 0.1) is 5.69 Å². The second-order valence-electron chi connectivity index (χ2n) is 3.17. The summed E-state index contributed by atoms with van der Waals surface area (Å²) in [6.07, 6.45) is 0. The van der Waals surface area contributed by atoms with Crippen molar-refractivity contribution < 1.29 is 9.90 Å². The first-order chi connectivity index (χ1) is 5.94. The first kappa shape index (κ1) is 9.67. The highest BCUT2D eigenvalue weighted by molar-refractivity contribution is 5.79. The maximum atomic E-state index is 10.8. The van der Waals surface area contributed by atoms with E-state index in [0.29, 0.717) is 5.69 Å². The Labute approximate surface area is 76.4 Å². The van der Waals surface area contributed by atoms with Crippen LogP contribution in [0.4, 0.5) is 0 Å². The van der Waals surface area contributed by atoms with Gasteiger partial charge in [-0.25, -0.2) is 4.79 Å². The molecule has 1 rings (SSSR count). The molecule has 1 unspecified atom stereocenters. The van der Waals surface area contributed by atoms with Crippen molar-refractivity contribution in [2.45, 2.75) is 19.4 Å². The van der Waals surface area contributed by atoms with Crippen molar-refractivity contribution in [3.63, 3.8) is 0 Å². The Morgan fingerprint density at radius 1 is 1.62 bits per heavy atom. The molecule has 0 fully saturated rings. The number of hydrogen-bond donors (Lipinski definition) is 2. The van der Waals surface area contributed by atoms with Gasteiger partial charge in [-0.1, -0.05) is 6.07 Å². The van der Waals surface area contributed by atoms with Gasteiger partial charge in [0.2, 0.25) is 0 Å². The zero-order valence-corrected chi connectivity index (χ0v) is 7.61. The van der Waals surface area contributed by atoms with Gasteiger partial charge in [0.25, 0.3) is 0 Å². The van der Waals surface area contributed by atoms with Crippen molar-refractivity contribution in [2.24, 2.45) is 5.73 Å². The van der Waals surface area contributed by atoms with E-state index < -0.39 is 11.5 Å². The SMILES string of the molecule is Cc1cccc(C(C)(N)C(=O)O)n1. The number of rotatable bonds is 2. The van der Waals surface area contributed by atoms with Gasteiger partial charge in [-0.15, -0.1) is 0 Å². The molecule has 0 spiro atoms. The van der Waals surface area contributed by atoms with Gasteiger partial charge in [-0.05, 0) is 26.0 Å². The van der Waals surface area contributed by atoms with E-state index in [4.69, 9.17) is 10.8 Å². The fourth-order valence-corrected chi connectivity index (χ4v) is 0.942. The van der Waals surface area contributed by atoms with E-state index in [1.165, 1.54) is 6.92 Å². The standard InChI is InChI=1S/C9H12N2O2/c1-6-4-3-5-7(11-6)9(2,10)8(12)13/h3-5H,10H2,1-2H3,(H,12,13). The first-order valence-electron chi connectivity index (χ1n) is 3.91. The second-order valence-corrected chi connectivity index (χ2v) is 3.17. The van der Waals surface area contributed by atoms with Crippen molar-refractivity contribution in [3.05, 3.63) is 29.6 Å². The molecule has 0 saturated heterocycles. The van der Waals surface area contributed by atoms with E-state index in [2.05, 4.69) is 4.98 Å². The summed E-state index contributed by atoms with van der Waals surface area (Å²) >= 11 is 0. The predicted molar refractivity (Wildman–Crippen MR) is 48.1 cm³/mol. The van der Waals surface area contributed by atoms with Crippen molar-refractivity contribution >= 4 is 5.97 Å². The van der Waals surface area contributed by atoms with Crippen molar-refractivity contribution in [1.82, 2.24) is 4.98 Å². The number of pyridine rings is 1. The van der Waals surface area contributed by atoms with Crippen LogP contribution in [-0.2, 0) is 10.3 Å². The average Bonchev–Trinajstić information content (AvgIpc) is 2.04. The minimum absolute atomic E-state index is 0.375. The van der Waals surface area contributed by atoms with Crippen LogP contribution < -0.4 is 5.73 Å². The van der Waals surface area contributed by atoms with Crippen LogP contribution in [0.1, 0.15) is 18.3 Å². The first-order valence-corrected chi connectivity index (χ1v) is 3.91. The van der Waals surface area contributed by atoms with E-state index in [-0.39, 0.29) is 0 Å². The molecule has 0 aliphatic heterocycles. The summed E-state index contributed by atoms with van der Waals surface area (Å²) in [5.41, 5.74) is 5.31. The lowest BCUT2D eigenvalue weighted by Crippen LogP contribution is -2.42. The Morgan fingerprint density at radius 3 is 2.69 bits per heavy atom. The van der Waals surface area contributed by atoms with E-state index in [9.17, 15) is 4.79 Å². The van der Waals surface area contributed by atoms with E-state index >= 15 is 0 Å². The summed E-state index contributed by atoms with van der Waals surface area (Å²) in [4.78, 5) is 14.8. The quantitative estimate of drug-likeness (QED) is 0.700. The molecule has 0 aliphatic carbocycles. The normalized spacial score (nSPS) is 15.0. The molecular formula is C9H12N2O2. The van der Waals surface area contributed by atoms with Crippen LogP contribution in [0, 0.1) is 6.92 Å². The monoisotopic (exact) mass is 180 g/mol. The molecular weight excluding hydrogens is 168 g/mol. The molecule has 0 bridgehead atoms. The van der Waals surface area contributed by atoms with Crippen LogP contribution in [0.25, 0.3) is 0 Å². The smallest absolute Gasteiger partial charge is 0.329 e. The number of hydrogen-bond acceptors (Lipinski definition) is 3. The van der Waals surface area contributed by atoms with Gasteiger partial charge < -0.3 is 10.8 Å². The van der Waals surface area contributed by atoms with Crippen LogP contribution in [0.15, 0.2) is 18.2 Å². The third kappa shape index (κ3) is 1.84. The molecule has 0 aromatic carbocycles. The largest absolute Gasteiger partial charge is 0.480 e. The summed E-state index contributed by atoms with van der Waals surface area (Å²) in [6, 6.07) is 5.15. The summed E-state index contributed by atoms with van der Waals surface area (Å²) in [7, 11) is 0. The molecule has 0 amide bonds. The van der Waals surface area contributed by atoms with Crippen LogP contribution in [-0.4, -0.2) is 16.1 Å². The van der Waals surface area contributed by atoms with Gasteiger partial charge in [-0.3, -0.25) is 4.98 Å². The predicted octanol–water partition coefficient (Wildman–Crippen LogP) is 0.649. The average molecular weight is 180 g/mol. The molecule has 1 atom stereocenters. The van der Waals surface area contributed by atoms with Gasteiger partial charge in [0.1, 0.15) is 0 Å². The number of aryl methyl sites for hydroxylation is 1. The fraction of sp³-hybridized carbons (Fsp3) is 0.333. The highest BCUT2D eigenvalue weighted by atomic mass is 16.4. The number of carboxylic acid groups (broad SMARTS) is 1. The fourth-order valence-electron chi connectivity index (χ4n) is 0.942. The van der Waals surface area contributed by atoms with Crippen LogP contribution in [0.2, 0.25) is 0 Å². The molecule has 70 valence electrons. The third-order valence-corrected chi connectivity index (χ3v) is 1.86. The number of nitrogens with zero attached hydrogens (tertiary/aromatic N) is 1. The van der Waals surface area contributed by atoms with Gasteiger partial charge in [0.15, 0.2) is 5.54 Å². The van der Waals surface area contributed by atoms with Crippen molar-refractivity contribution in [1.29, 1.82) is 0 Å². The molecule has 0 saturated carbocycles. The molecule has 0 radical (unpaired) electrons. The Morgan fingerprint density at radius 2 is 2.23 bits per heavy atom. The number of aliphatic carboxylic acids is 1. The maximum Gasteiger partial charge on any atom is 0.329 e. The molecule has 1 aromatic heterocycles.